The van der Waals surface area contributed by atoms with Crippen LogP contribution in [0.5, 0.6) is 0 Å². The van der Waals surface area contributed by atoms with Crippen molar-refractivity contribution in [1.82, 2.24) is 4.90 Å². The summed E-state index contributed by atoms with van der Waals surface area (Å²) in [5.74, 6) is 0. The van der Waals surface area contributed by atoms with E-state index < -0.39 is 0 Å². The fourth-order valence-electron chi connectivity index (χ4n) is 3.45. The molecule has 2 fully saturated rings. The van der Waals surface area contributed by atoms with Crippen LogP contribution in [0.2, 0.25) is 5.02 Å². The van der Waals surface area contributed by atoms with Crippen LogP contribution in [0.25, 0.3) is 0 Å². The molecule has 1 aromatic rings. The molecular weight excluding hydrogens is 336 g/mol. The Labute approximate surface area is 156 Å². The van der Waals surface area contributed by atoms with Crippen LogP contribution in [0.15, 0.2) is 18.2 Å². The van der Waals surface area contributed by atoms with Crippen molar-refractivity contribution in [2.75, 3.05) is 26.3 Å². The second-order valence-corrected chi connectivity index (χ2v) is 8.89. The molecule has 0 saturated carbocycles. The molecule has 25 heavy (non-hydrogen) atoms. The molecule has 3 rings (SSSR count). The summed E-state index contributed by atoms with van der Waals surface area (Å²) in [7, 11) is -0.386. The largest absolute Gasteiger partial charge is 0.494 e. The van der Waals surface area contributed by atoms with Crippen LogP contribution in [-0.2, 0) is 19.6 Å². The highest BCUT2D eigenvalue weighted by Crippen LogP contribution is 2.37. The smallest absolute Gasteiger partial charge is 0.399 e. The van der Waals surface area contributed by atoms with E-state index in [0.717, 1.165) is 42.4 Å². The highest BCUT2D eigenvalue weighted by Gasteiger charge is 2.51. The highest BCUT2D eigenvalue weighted by molar-refractivity contribution is 6.62. The number of nitrogens with zero attached hydrogens (tertiary/aromatic N) is 1. The third-order valence-corrected chi connectivity index (χ3v) is 6.29. The second kappa shape index (κ2) is 6.54. The van der Waals surface area contributed by atoms with E-state index >= 15 is 0 Å². The maximum absolute atomic E-state index is 6.68. The Morgan fingerprint density at radius 1 is 1.04 bits per heavy atom. The van der Waals surface area contributed by atoms with Gasteiger partial charge in [0.25, 0.3) is 0 Å². The van der Waals surface area contributed by atoms with Crippen molar-refractivity contribution in [3.8, 4) is 0 Å². The number of hydrogen-bond donors (Lipinski definition) is 0. The van der Waals surface area contributed by atoms with Crippen LogP contribution in [0.3, 0.4) is 0 Å². The van der Waals surface area contributed by atoms with E-state index in [0.29, 0.717) is 0 Å². The molecule has 1 aromatic carbocycles. The fraction of sp³-hybridized carbons (Fsp3) is 0.684. The third-order valence-electron chi connectivity index (χ3n) is 5.98. The van der Waals surface area contributed by atoms with Crippen LogP contribution in [0, 0.1) is 0 Å². The van der Waals surface area contributed by atoms with Gasteiger partial charge in [0.2, 0.25) is 0 Å². The molecule has 4 nitrogen and oxygen atoms in total. The molecule has 2 heterocycles. The fourth-order valence-corrected chi connectivity index (χ4v) is 3.87. The van der Waals surface area contributed by atoms with Crippen LogP contribution >= 0.6 is 11.6 Å². The molecule has 0 spiro atoms. The number of halogens is 1. The van der Waals surface area contributed by atoms with Gasteiger partial charge in [-0.15, -0.1) is 0 Å². The Morgan fingerprint density at radius 2 is 1.60 bits per heavy atom. The van der Waals surface area contributed by atoms with Crippen LogP contribution < -0.4 is 5.46 Å². The maximum Gasteiger partial charge on any atom is 0.494 e. The van der Waals surface area contributed by atoms with E-state index in [2.05, 4.69) is 58.6 Å². The lowest BCUT2D eigenvalue weighted by molar-refractivity contribution is -0.0117. The number of rotatable bonds is 3. The normalized spacial score (nSPS) is 23.9. The zero-order valence-electron chi connectivity index (χ0n) is 16.2. The van der Waals surface area contributed by atoms with Gasteiger partial charge in [-0.25, -0.2) is 0 Å². The minimum absolute atomic E-state index is 0.144. The Hall–Kier alpha value is -0.585. The Kier molecular flexibility index (Phi) is 5.02. The van der Waals surface area contributed by atoms with Crippen molar-refractivity contribution in [3.05, 3.63) is 28.8 Å². The van der Waals surface area contributed by atoms with Gasteiger partial charge in [-0.1, -0.05) is 23.7 Å². The summed E-state index contributed by atoms with van der Waals surface area (Å²) in [4.78, 5) is 2.42. The molecule has 2 aliphatic rings. The van der Waals surface area contributed by atoms with Gasteiger partial charge >= 0.3 is 7.12 Å². The molecule has 0 radical (unpaired) electrons. The number of benzene rings is 1. The molecule has 138 valence electrons. The van der Waals surface area contributed by atoms with E-state index in [4.69, 9.17) is 25.6 Å². The average Bonchev–Trinajstić information content (AvgIpc) is 2.76. The van der Waals surface area contributed by atoms with Crippen LogP contribution in [-0.4, -0.2) is 49.5 Å². The van der Waals surface area contributed by atoms with Gasteiger partial charge in [0, 0.05) is 23.7 Å². The molecule has 6 heteroatoms. The summed E-state index contributed by atoms with van der Waals surface area (Å²) in [6.45, 7) is 16.1. The summed E-state index contributed by atoms with van der Waals surface area (Å²) in [6, 6.07) is 6.17. The number of ether oxygens (including phenoxy) is 1. The molecule has 2 aliphatic heterocycles. The minimum atomic E-state index is -0.386. The zero-order chi connectivity index (χ0) is 18.5. The molecule has 0 unspecified atom stereocenters. The van der Waals surface area contributed by atoms with Gasteiger partial charge in [0.15, 0.2) is 0 Å². The molecule has 0 bridgehead atoms. The first-order valence-corrected chi connectivity index (χ1v) is 9.41. The summed E-state index contributed by atoms with van der Waals surface area (Å²) < 4.78 is 17.8. The topological polar surface area (TPSA) is 30.9 Å². The monoisotopic (exact) mass is 365 g/mol. The minimum Gasteiger partial charge on any atom is -0.399 e. The summed E-state index contributed by atoms with van der Waals surface area (Å²) in [6.07, 6.45) is 0. The summed E-state index contributed by atoms with van der Waals surface area (Å²) >= 11 is 6.68. The number of morpholine rings is 1. The van der Waals surface area contributed by atoms with Crippen molar-refractivity contribution >= 4 is 24.2 Å². The van der Waals surface area contributed by atoms with Gasteiger partial charge in [-0.3, -0.25) is 4.90 Å². The first-order valence-electron chi connectivity index (χ1n) is 9.03. The Morgan fingerprint density at radius 3 is 2.12 bits per heavy atom. The van der Waals surface area contributed by atoms with Gasteiger partial charge in [0.1, 0.15) is 0 Å². The zero-order valence-corrected chi connectivity index (χ0v) is 16.9. The van der Waals surface area contributed by atoms with Gasteiger partial charge < -0.3 is 14.0 Å². The van der Waals surface area contributed by atoms with Gasteiger partial charge in [-0.2, -0.15) is 0 Å². The highest BCUT2D eigenvalue weighted by atomic mass is 35.5. The van der Waals surface area contributed by atoms with Crippen molar-refractivity contribution < 1.29 is 14.0 Å². The predicted molar refractivity (Wildman–Crippen MR) is 103 cm³/mol. The Bertz CT molecular complexity index is 626. The molecular formula is C19H29BClNO3. The second-order valence-electron chi connectivity index (χ2n) is 8.49. The molecule has 0 atom stereocenters. The third kappa shape index (κ3) is 3.50. The standard InChI is InChI=1S/C19H29BClNO3/c1-17(2,22-9-11-23-12-10-22)15-8-7-14(13-16(15)21)20-24-18(3,4)19(5,6)25-20/h7-8,13H,9-12H2,1-6H3. The summed E-state index contributed by atoms with van der Waals surface area (Å²) in [5, 5.41) is 0.753. The van der Waals surface area contributed by atoms with E-state index in [1.54, 1.807) is 0 Å². The van der Waals surface area contributed by atoms with Crippen LogP contribution in [0.4, 0.5) is 0 Å². The maximum atomic E-state index is 6.68. The molecule has 2 saturated heterocycles. The van der Waals surface area contributed by atoms with E-state index in [-0.39, 0.29) is 23.9 Å². The van der Waals surface area contributed by atoms with Crippen molar-refractivity contribution in [3.63, 3.8) is 0 Å². The molecule has 0 aromatic heterocycles. The first kappa shape index (κ1) is 19.2. The molecule has 0 aliphatic carbocycles. The lowest BCUT2D eigenvalue weighted by Gasteiger charge is -2.41. The van der Waals surface area contributed by atoms with E-state index in [1.807, 2.05) is 6.07 Å². The van der Waals surface area contributed by atoms with E-state index in [1.165, 1.54) is 0 Å². The van der Waals surface area contributed by atoms with Gasteiger partial charge in [-0.05, 0) is 58.6 Å². The SMILES string of the molecule is CC(C)(c1ccc(B2OC(C)(C)C(C)(C)O2)cc1Cl)N1CCOCC1. The molecule has 0 N–H and O–H groups in total. The quantitative estimate of drug-likeness (QED) is 0.770. The Balaban J connectivity index is 1.84. The van der Waals surface area contributed by atoms with E-state index in [9.17, 15) is 0 Å². The van der Waals surface area contributed by atoms with Crippen molar-refractivity contribution in [2.24, 2.45) is 0 Å². The number of hydrogen-bond acceptors (Lipinski definition) is 4. The first-order chi connectivity index (χ1) is 11.5. The lowest BCUT2D eigenvalue weighted by Crippen LogP contribution is -2.48. The lowest BCUT2D eigenvalue weighted by atomic mass is 9.77. The van der Waals surface area contributed by atoms with Crippen LogP contribution in [0.1, 0.15) is 47.1 Å². The average molecular weight is 366 g/mol. The summed E-state index contributed by atoms with van der Waals surface area (Å²) in [5.41, 5.74) is 1.24. The molecule has 0 amide bonds. The van der Waals surface area contributed by atoms with Crippen molar-refractivity contribution in [2.45, 2.75) is 58.3 Å². The predicted octanol–water partition coefficient (Wildman–Crippen LogP) is 3.21. The van der Waals surface area contributed by atoms with Crippen molar-refractivity contribution in [1.29, 1.82) is 0 Å². The van der Waals surface area contributed by atoms with Gasteiger partial charge in [0.05, 0.1) is 24.4 Å².